The van der Waals surface area contributed by atoms with Crippen LogP contribution >= 0.6 is 0 Å². The molecule has 4 heteroatoms. The molecule has 3 rings (SSSR count). The fourth-order valence-corrected chi connectivity index (χ4v) is 3.28. The third-order valence-electron chi connectivity index (χ3n) is 4.49. The van der Waals surface area contributed by atoms with Crippen molar-refractivity contribution in [2.45, 2.75) is 38.7 Å². The van der Waals surface area contributed by atoms with Crippen molar-refractivity contribution in [2.24, 2.45) is 17.8 Å². The van der Waals surface area contributed by atoms with E-state index in [0.29, 0.717) is 11.8 Å². The molecule has 4 atom stereocenters. The molecular formula is C16H23NO3. The Morgan fingerprint density at radius 2 is 2.35 bits per heavy atom. The van der Waals surface area contributed by atoms with Crippen molar-refractivity contribution in [3.8, 4) is 0 Å². The maximum absolute atomic E-state index is 12.2. The molecule has 1 saturated heterocycles. The third kappa shape index (κ3) is 2.75. The summed E-state index contributed by atoms with van der Waals surface area (Å²) in [6.07, 6.45) is 3.92. The van der Waals surface area contributed by atoms with E-state index in [2.05, 4.69) is 19.2 Å². The molecule has 20 heavy (non-hydrogen) atoms. The lowest BCUT2D eigenvalue weighted by molar-refractivity contribution is -0.122. The maximum atomic E-state index is 12.2. The topological polar surface area (TPSA) is 51.5 Å². The van der Waals surface area contributed by atoms with Gasteiger partial charge in [0.2, 0.25) is 5.91 Å². The first-order valence-electron chi connectivity index (χ1n) is 7.59. The first kappa shape index (κ1) is 13.7. The second-order valence-corrected chi connectivity index (χ2v) is 6.34. The van der Waals surface area contributed by atoms with E-state index >= 15 is 0 Å². The molecule has 1 aliphatic heterocycles. The van der Waals surface area contributed by atoms with Gasteiger partial charge in [0.1, 0.15) is 5.76 Å². The molecule has 0 radical (unpaired) electrons. The Morgan fingerprint density at radius 3 is 3.05 bits per heavy atom. The Morgan fingerprint density at radius 1 is 1.50 bits per heavy atom. The summed E-state index contributed by atoms with van der Waals surface area (Å²) in [6.45, 7) is 5.92. The van der Waals surface area contributed by atoms with Crippen molar-refractivity contribution in [2.75, 3.05) is 13.2 Å². The first-order valence-corrected chi connectivity index (χ1v) is 7.59. The normalized spacial score (nSPS) is 32.5. The Hall–Kier alpha value is -1.29. The SMILES string of the molecule is CC(C)[C@H]1OCC[C@@H]1CNC(=O)[C@H]1C[C@@H]1c1ccco1. The molecule has 1 saturated carbocycles. The van der Waals surface area contributed by atoms with E-state index in [0.717, 1.165) is 31.8 Å². The lowest BCUT2D eigenvalue weighted by Crippen LogP contribution is -2.35. The minimum Gasteiger partial charge on any atom is -0.469 e. The molecule has 1 aliphatic carbocycles. The summed E-state index contributed by atoms with van der Waals surface area (Å²) in [5.41, 5.74) is 0. The summed E-state index contributed by atoms with van der Waals surface area (Å²) in [6, 6.07) is 3.84. The number of ether oxygens (including phenoxy) is 1. The van der Waals surface area contributed by atoms with Crippen molar-refractivity contribution in [1.82, 2.24) is 5.32 Å². The number of amides is 1. The van der Waals surface area contributed by atoms with Crippen molar-refractivity contribution >= 4 is 5.91 Å². The quantitative estimate of drug-likeness (QED) is 0.900. The first-order chi connectivity index (χ1) is 9.66. The van der Waals surface area contributed by atoms with Gasteiger partial charge in [0.25, 0.3) is 0 Å². The van der Waals surface area contributed by atoms with Crippen LogP contribution in [0, 0.1) is 17.8 Å². The van der Waals surface area contributed by atoms with E-state index in [4.69, 9.17) is 9.15 Å². The monoisotopic (exact) mass is 277 g/mol. The van der Waals surface area contributed by atoms with E-state index in [9.17, 15) is 4.79 Å². The summed E-state index contributed by atoms with van der Waals surface area (Å²) in [7, 11) is 0. The summed E-state index contributed by atoms with van der Waals surface area (Å²) < 4.78 is 11.1. The van der Waals surface area contributed by atoms with Gasteiger partial charge in [0, 0.05) is 30.9 Å². The number of rotatable bonds is 5. The Labute approximate surface area is 119 Å². The highest BCUT2D eigenvalue weighted by Gasteiger charge is 2.46. The van der Waals surface area contributed by atoms with Gasteiger partial charge in [0.15, 0.2) is 0 Å². The second-order valence-electron chi connectivity index (χ2n) is 6.34. The van der Waals surface area contributed by atoms with Crippen LogP contribution in [0.5, 0.6) is 0 Å². The van der Waals surface area contributed by atoms with Crippen LogP contribution in [0.1, 0.15) is 38.4 Å². The molecular weight excluding hydrogens is 254 g/mol. The highest BCUT2D eigenvalue weighted by atomic mass is 16.5. The van der Waals surface area contributed by atoms with Crippen molar-refractivity contribution in [3.63, 3.8) is 0 Å². The van der Waals surface area contributed by atoms with Gasteiger partial charge in [-0.3, -0.25) is 4.79 Å². The predicted molar refractivity (Wildman–Crippen MR) is 75.3 cm³/mol. The number of carbonyl (C=O) groups is 1. The number of nitrogens with one attached hydrogen (secondary N) is 1. The molecule has 2 fully saturated rings. The van der Waals surface area contributed by atoms with Gasteiger partial charge < -0.3 is 14.5 Å². The minimum atomic E-state index is 0.0981. The molecule has 110 valence electrons. The fourth-order valence-electron chi connectivity index (χ4n) is 3.28. The Kier molecular flexibility index (Phi) is 3.83. The molecule has 1 aromatic heterocycles. The molecule has 1 aromatic rings. The summed E-state index contributed by atoms with van der Waals surface area (Å²) in [5, 5.41) is 3.10. The molecule has 1 amide bonds. The summed E-state index contributed by atoms with van der Waals surface area (Å²) in [5.74, 6) is 2.46. The molecule has 0 spiro atoms. The highest BCUT2D eigenvalue weighted by Crippen LogP contribution is 2.47. The average molecular weight is 277 g/mol. The van der Waals surface area contributed by atoms with Crippen molar-refractivity contribution in [3.05, 3.63) is 24.2 Å². The maximum Gasteiger partial charge on any atom is 0.223 e. The van der Waals surface area contributed by atoms with Crippen LogP contribution in [0.25, 0.3) is 0 Å². The molecule has 4 nitrogen and oxygen atoms in total. The smallest absolute Gasteiger partial charge is 0.223 e. The zero-order valence-electron chi connectivity index (χ0n) is 12.2. The highest BCUT2D eigenvalue weighted by molar-refractivity contribution is 5.82. The van der Waals surface area contributed by atoms with Crippen LogP contribution in [0.15, 0.2) is 22.8 Å². The van der Waals surface area contributed by atoms with E-state index < -0.39 is 0 Å². The summed E-state index contributed by atoms with van der Waals surface area (Å²) >= 11 is 0. The second kappa shape index (κ2) is 5.60. The molecule has 2 aliphatic rings. The van der Waals surface area contributed by atoms with Crippen LogP contribution in [0.4, 0.5) is 0 Å². The van der Waals surface area contributed by atoms with Crippen molar-refractivity contribution in [1.29, 1.82) is 0 Å². The van der Waals surface area contributed by atoms with Crippen molar-refractivity contribution < 1.29 is 13.9 Å². The standard InChI is InChI=1S/C16H23NO3/c1-10(2)15-11(5-7-20-15)9-17-16(18)13-8-12(13)14-4-3-6-19-14/h3-4,6,10-13,15H,5,7-9H2,1-2H3,(H,17,18)/t11-,12+,13+,15-/m1/s1. The van der Waals surface area contributed by atoms with Crippen LogP contribution in [0.3, 0.4) is 0 Å². The third-order valence-corrected chi connectivity index (χ3v) is 4.49. The number of furan rings is 1. The van der Waals surface area contributed by atoms with Crippen LogP contribution < -0.4 is 5.32 Å². The fraction of sp³-hybridized carbons (Fsp3) is 0.688. The predicted octanol–water partition coefficient (Wildman–Crippen LogP) is 2.56. The number of hydrogen-bond acceptors (Lipinski definition) is 3. The molecule has 0 aromatic carbocycles. The number of carbonyl (C=O) groups excluding carboxylic acids is 1. The van der Waals surface area contributed by atoms with Gasteiger partial charge in [0.05, 0.1) is 12.4 Å². The zero-order chi connectivity index (χ0) is 14.1. The molecule has 1 N–H and O–H groups in total. The lowest BCUT2D eigenvalue weighted by Gasteiger charge is -2.22. The van der Waals surface area contributed by atoms with Gasteiger partial charge >= 0.3 is 0 Å². The molecule has 2 heterocycles. The molecule has 0 bridgehead atoms. The van der Waals surface area contributed by atoms with E-state index in [1.165, 1.54) is 0 Å². The van der Waals surface area contributed by atoms with E-state index in [1.807, 2.05) is 12.1 Å². The van der Waals surface area contributed by atoms with Gasteiger partial charge in [-0.25, -0.2) is 0 Å². The van der Waals surface area contributed by atoms with Crippen LogP contribution in [-0.2, 0) is 9.53 Å². The van der Waals surface area contributed by atoms with Gasteiger partial charge in [-0.15, -0.1) is 0 Å². The largest absolute Gasteiger partial charge is 0.469 e. The molecule has 0 unspecified atom stereocenters. The van der Waals surface area contributed by atoms with Gasteiger partial charge in [-0.1, -0.05) is 13.8 Å². The minimum absolute atomic E-state index is 0.0981. The van der Waals surface area contributed by atoms with Crippen LogP contribution in [-0.4, -0.2) is 25.2 Å². The average Bonchev–Trinajstić information content (AvgIpc) is 2.88. The van der Waals surface area contributed by atoms with Gasteiger partial charge in [-0.05, 0) is 30.9 Å². The Bertz CT molecular complexity index is 454. The van der Waals surface area contributed by atoms with Gasteiger partial charge in [-0.2, -0.15) is 0 Å². The van der Waals surface area contributed by atoms with Crippen LogP contribution in [0.2, 0.25) is 0 Å². The Balaban J connectivity index is 1.46. The zero-order valence-corrected chi connectivity index (χ0v) is 12.2. The number of hydrogen-bond donors (Lipinski definition) is 1. The van der Waals surface area contributed by atoms with E-state index in [1.54, 1.807) is 6.26 Å². The van der Waals surface area contributed by atoms with E-state index in [-0.39, 0.29) is 23.8 Å². The summed E-state index contributed by atoms with van der Waals surface area (Å²) in [4.78, 5) is 12.2. The lowest BCUT2D eigenvalue weighted by atomic mass is 9.93.